The van der Waals surface area contributed by atoms with Gasteiger partial charge in [0.2, 0.25) is 5.95 Å². The number of piperidine rings is 1. The average Bonchev–Trinajstić information content (AvgIpc) is 2.68. The lowest BCUT2D eigenvalue weighted by molar-refractivity contribution is 0.446. The number of nitrogens with zero attached hydrogens (tertiary/aromatic N) is 3. The van der Waals surface area contributed by atoms with Gasteiger partial charge in [0.05, 0.1) is 0 Å². The Morgan fingerprint density at radius 2 is 1.81 bits per heavy atom. The molecule has 1 aromatic heterocycles. The summed E-state index contributed by atoms with van der Waals surface area (Å²) in [7, 11) is 3.91. The summed E-state index contributed by atoms with van der Waals surface area (Å²) in [4.78, 5) is 6.38. The van der Waals surface area contributed by atoms with Crippen molar-refractivity contribution in [1.82, 2.24) is 20.5 Å². The van der Waals surface area contributed by atoms with Crippen molar-refractivity contribution >= 4 is 30.8 Å². The molecule has 5 nitrogen and oxygen atoms in total. The van der Waals surface area contributed by atoms with E-state index in [2.05, 4.69) is 20.5 Å². The van der Waals surface area contributed by atoms with E-state index in [0.717, 1.165) is 37.7 Å². The largest absolute Gasteiger partial charge is 0.346 e. The van der Waals surface area contributed by atoms with E-state index in [1.807, 2.05) is 19.0 Å². The highest BCUT2D eigenvalue weighted by molar-refractivity contribution is 5.85. The van der Waals surface area contributed by atoms with Gasteiger partial charge in [-0.3, -0.25) is 5.10 Å². The second-order valence-corrected chi connectivity index (χ2v) is 3.94. The highest BCUT2D eigenvalue weighted by Crippen LogP contribution is 2.22. The van der Waals surface area contributed by atoms with E-state index < -0.39 is 0 Å². The highest BCUT2D eigenvalue weighted by atomic mass is 35.5. The highest BCUT2D eigenvalue weighted by Gasteiger charge is 2.18. The minimum absolute atomic E-state index is 0. The zero-order valence-electron chi connectivity index (χ0n) is 9.56. The van der Waals surface area contributed by atoms with Crippen molar-refractivity contribution in [3.63, 3.8) is 0 Å². The first-order chi connectivity index (χ1) is 6.77. The molecule has 0 saturated carbocycles. The maximum absolute atomic E-state index is 4.46. The topological polar surface area (TPSA) is 56.8 Å². The van der Waals surface area contributed by atoms with Gasteiger partial charge in [-0.2, -0.15) is 4.98 Å². The summed E-state index contributed by atoms with van der Waals surface area (Å²) in [5.41, 5.74) is 0. The molecule has 1 aliphatic heterocycles. The molecule has 1 aromatic rings. The van der Waals surface area contributed by atoms with Gasteiger partial charge in [0, 0.05) is 20.0 Å². The average molecular weight is 268 g/mol. The van der Waals surface area contributed by atoms with E-state index in [0.29, 0.717) is 5.92 Å². The van der Waals surface area contributed by atoms with Crippen LogP contribution in [-0.4, -0.2) is 42.4 Å². The Balaban J connectivity index is 0.00000112. The molecule has 0 radical (unpaired) electrons. The van der Waals surface area contributed by atoms with Crippen molar-refractivity contribution in [2.75, 3.05) is 32.1 Å². The minimum Gasteiger partial charge on any atom is -0.346 e. The van der Waals surface area contributed by atoms with Crippen LogP contribution in [0.2, 0.25) is 0 Å². The van der Waals surface area contributed by atoms with Gasteiger partial charge in [0.25, 0.3) is 0 Å². The Hall–Kier alpha value is -0.520. The number of hydrogen-bond acceptors (Lipinski definition) is 4. The zero-order valence-corrected chi connectivity index (χ0v) is 11.2. The summed E-state index contributed by atoms with van der Waals surface area (Å²) in [6.07, 6.45) is 2.31. The molecule has 1 aliphatic rings. The van der Waals surface area contributed by atoms with Crippen LogP contribution in [0.25, 0.3) is 0 Å². The first-order valence-corrected chi connectivity index (χ1v) is 5.07. The molecule has 1 saturated heterocycles. The fourth-order valence-electron chi connectivity index (χ4n) is 1.74. The molecule has 16 heavy (non-hydrogen) atoms. The van der Waals surface area contributed by atoms with Crippen molar-refractivity contribution in [2.24, 2.45) is 0 Å². The van der Waals surface area contributed by atoms with Crippen molar-refractivity contribution < 1.29 is 0 Å². The van der Waals surface area contributed by atoms with Crippen molar-refractivity contribution in [3.05, 3.63) is 5.82 Å². The fourth-order valence-corrected chi connectivity index (χ4v) is 1.74. The number of nitrogens with one attached hydrogen (secondary N) is 2. The van der Waals surface area contributed by atoms with Crippen molar-refractivity contribution in [3.8, 4) is 0 Å². The number of aromatic amines is 1. The summed E-state index contributed by atoms with van der Waals surface area (Å²) < 4.78 is 0. The van der Waals surface area contributed by atoms with Gasteiger partial charge in [-0.25, -0.2) is 0 Å². The summed E-state index contributed by atoms with van der Waals surface area (Å²) in [6.45, 7) is 2.17. The molecule has 2 rings (SSSR count). The van der Waals surface area contributed by atoms with Crippen LogP contribution in [-0.2, 0) is 0 Å². The Kier molecular flexibility index (Phi) is 6.71. The van der Waals surface area contributed by atoms with Gasteiger partial charge >= 0.3 is 0 Å². The van der Waals surface area contributed by atoms with E-state index in [1.54, 1.807) is 0 Å². The van der Waals surface area contributed by atoms with E-state index in [-0.39, 0.29) is 24.8 Å². The summed E-state index contributed by atoms with van der Waals surface area (Å²) in [5.74, 6) is 2.37. The third-order valence-corrected chi connectivity index (χ3v) is 2.62. The molecule has 0 aromatic carbocycles. The number of halogens is 2. The van der Waals surface area contributed by atoms with Crippen LogP contribution >= 0.6 is 24.8 Å². The second-order valence-electron chi connectivity index (χ2n) is 3.94. The van der Waals surface area contributed by atoms with Crippen molar-refractivity contribution in [1.29, 1.82) is 0 Å². The van der Waals surface area contributed by atoms with Gasteiger partial charge in [-0.1, -0.05) is 0 Å². The lowest BCUT2D eigenvalue weighted by Gasteiger charge is -2.19. The molecular weight excluding hydrogens is 249 g/mol. The SMILES string of the molecule is CN(C)c1n[nH]c(C2CCNCC2)n1.Cl.Cl. The van der Waals surface area contributed by atoms with Crippen LogP contribution in [0, 0.1) is 0 Å². The van der Waals surface area contributed by atoms with Gasteiger partial charge in [-0.15, -0.1) is 29.9 Å². The predicted octanol–water partition coefficient (Wildman–Crippen LogP) is 1.18. The summed E-state index contributed by atoms with van der Waals surface area (Å²) in [5, 5.41) is 10.5. The first kappa shape index (κ1) is 15.5. The Morgan fingerprint density at radius 1 is 1.19 bits per heavy atom. The monoisotopic (exact) mass is 267 g/mol. The Labute approximate surface area is 108 Å². The molecule has 1 fully saturated rings. The van der Waals surface area contributed by atoms with Gasteiger partial charge in [0.15, 0.2) is 0 Å². The normalized spacial score (nSPS) is 16.1. The second kappa shape index (κ2) is 6.93. The van der Waals surface area contributed by atoms with E-state index in [1.165, 1.54) is 0 Å². The van der Waals surface area contributed by atoms with Crippen molar-refractivity contribution in [2.45, 2.75) is 18.8 Å². The predicted molar refractivity (Wildman–Crippen MR) is 70.1 cm³/mol. The van der Waals surface area contributed by atoms with Crippen LogP contribution in [0.5, 0.6) is 0 Å². The molecule has 0 atom stereocenters. The Morgan fingerprint density at radius 3 is 2.31 bits per heavy atom. The molecular formula is C9H19Cl2N5. The summed E-state index contributed by atoms with van der Waals surface area (Å²) >= 11 is 0. The lowest BCUT2D eigenvalue weighted by atomic mass is 9.98. The van der Waals surface area contributed by atoms with Crippen LogP contribution < -0.4 is 10.2 Å². The maximum atomic E-state index is 4.46. The minimum atomic E-state index is 0. The van der Waals surface area contributed by atoms with Crippen LogP contribution in [0.1, 0.15) is 24.6 Å². The first-order valence-electron chi connectivity index (χ1n) is 5.07. The van der Waals surface area contributed by atoms with Gasteiger partial charge in [-0.05, 0) is 25.9 Å². The number of hydrogen-bond donors (Lipinski definition) is 2. The number of rotatable bonds is 2. The van der Waals surface area contributed by atoms with E-state index in [4.69, 9.17) is 0 Å². The number of anilines is 1. The number of aromatic nitrogens is 3. The van der Waals surface area contributed by atoms with E-state index in [9.17, 15) is 0 Å². The fraction of sp³-hybridized carbons (Fsp3) is 0.778. The van der Waals surface area contributed by atoms with Gasteiger partial charge in [0.1, 0.15) is 5.82 Å². The third-order valence-electron chi connectivity index (χ3n) is 2.62. The third kappa shape index (κ3) is 3.50. The molecule has 7 heteroatoms. The Bertz CT molecular complexity index is 296. The maximum Gasteiger partial charge on any atom is 0.244 e. The molecule has 0 bridgehead atoms. The smallest absolute Gasteiger partial charge is 0.244 e. The van der Waals surface area contributed by atoms with Crippen LogP contribution in [0.4, 0.5) is 5.95 Å². The molecule has 2 heterocycles. The molecule has 0 spiro atoms. The zero-order chi connectivity index (χ0) is 9.97. The lowest BCUT2D eigenvalue weighted by Crippen LogP contribution is -2.27. The van der Waals surface area contributed by atoms with E-state index >= 15 is 0 Å². The quantitative estimate of drug-likeness (QED) is 0.845. The molecule has 0 unspecified atom stereocenters. The van der Waals surface area contributed by atoms with Gasteiger partial charge < -0.3 is 10.2 Å². The molecule has 0 aliphatic carbocycles. The standard InChI is InChI=1S/C9H17N5.2ClH/c1-14(2)9-11-8(12-13-9)7-3-5-10-6-4-7;;/h7,10H,3-6H2,1-2H3,(H,11,12,13);2*1H. The molecule has 0 amide bonds. The molecule has 2 N–H and O–H groups in total. The summed E-state index contributed by atoms with van der Waals surface area (Å²) in [6, 6.07) is 0. The van der Waals surface area contributed by atoms with Crippen LogP contribution in [0.15, 0.2) is 0 Å². The molecule has 94 valence electrons. The number of H-pyrrole nitrogens is 1. The van der Waals surface area contributed by atoms with Crippen LogP contribution in [0.3, 0.4) is 0 Å².